The van der Waals surface area contributed by atoms with E-state index in [0.29, 0.717) is 51.1 Å². The molecule has 8 aromatic carbocycles. The van der Waals surface area contributed by atoms with Crippen LogP contribution in [0.3, 0.4) is 0 Å². The Kier molecular flexibility index (Phi) is 12.4. The van der Waals surface area contributed by atoms with Crippen molar-refractivity contribution in [3.8, 4) is 23.0 Å². The molecule has 64 heavy (non-hydrogen) atoms. The lowest BCUT2D eigenvalue weighted by atomic mass is 9.71. The molecule has 0 saturated heterocycles. The number of hydrogen-bond donors (Lipinski definition) is 2. The smallest absolute Gasteiger partial charge is 0.193 e. The Morgan fingerprint density at radius 1 is 0.422 bits per heavy atom. The molecule has 7 nitrogen and oxygen atoms in total. The van der Waals surface area contributed by atoms with E-state index >= 15 is 0 Å². The number of hydrogen-bond acceptors (Lipinski definition) is 5. The molecule has 0 heterocycles. The summed E-state index contributed by atoms with van der Waals surface area (Å²) in [6.45, 7) is 12.5. The lowest BCUT2D eigenvalue weighted by Gasteiger charge is -2.32. The van der Waals surface area contributed by atoms with E-state index in [9.17, 15) is 15.2 Å². The number of para-hydroxylation sites is 1. The monoisotopic (exact) mass is 844 g/mol. The van der Waals surface area contributed by atoms with Gasteiger partial charge in [-0.25, -0.2) is 0 Å². The number of quaternary nitrogens is 2. The van der Waals surface area contributed by atoms with Gasteiger partial charge in [-0.15, -0.1) is 0 Å². The lowest BCUT2D eigenvalue weighted by molar-refractivity contribution is -0.698. The largest absolute Gasteiger partial charge is 0.623 e. The topological polar surface area (TPSA) is 90.5 Å². The van der Waals surface area contributed by atoms with Gasteiger partial charge in [0, 0.05) is 70.5 Å². The maximum Gasteiger partial charge on any atom is 0.193 e. The van der Waals surface area contributed by atoms with Crippen LogP contribution in [-0.2, 0) is 10.8 Å². The van der Waals surface area contributed by atoms with Crippen molar-refractivity contribution in [3.63, 3.8) is 0 Å². The summed E-state index contributed by atoms with van der Waals surface area (Å²) in [5, 5.41) is 26.7. The summed E-state index contributed by atoms with van der Waals surface area (Å²) in [5.41, 5.74) is 8.41. The van der Waals surface area contributed by atoms with Crippen molar-refractivity contribution in [1.29, 1.82) is 0 Å². The second-order valence-corrected chi connectivity index (χ2v) is 17.4. The van der Waals surface area contributed by atoms with E-state index in [1.807, 2.05) is 184 Å². The lowest BCUT2D eigenvalue weighted by Crippen LogP contribution is -2.96. The maximum atomic E-state index is 14.9. The molecule has 0 aliphatic rings. The predicted molar refractivity (Wildman–Crippen MR) is 256 cm³/mol. The van der Waals surface area contributed by atoms with E-state index in [2.05, 4.69) is 39.8 Å². The summed E-state index contributed by atoms with van der Waals surface area (Å²) in [6.07, 6.45) is 0. The summed E-state index contributed by atoms with van der Waals surface area (Å²) in [4.78, 5) is 14.9. The third-order valence-corrected chi connectivity index (χ3v) is 12.2. The Morgan fingerprint density at radius 2 is 0.781 bits per heavy atom. The van der Waals surface area contributed by atoms with E-state index in [1.165, 1.54) is 0 Å². The zero-order chi connectivity index (χ0) is 45.0. The van der Waals surface area contributed by atoms with Crippen LogP contribution in [0.1, 0.15) is 77.0 Å². The fourth-order valence-corrected chi connectivity index (χ4v) is 7.97. The zero-order valence-corrected chi connectivity index (χ0v) is 37.0. The summed E-state index contributed by atoms with van der Waals surface area (Å²) in [5.74, 6) is 2.55. The number of carbonyl (C=O) groups excluding carboxylic acids is 1. The molecule has 2 atom stereocenters. The molecule has 2 unspecified atom stereocenters. The molecule has 0 aromatic heterocycles. The van der Waals surface area contributed by atoms with Crippen LogP contribution in [0.2, 0.25) is 0 Å². The molecule has 2 N–H and O–H groups in total. The highest BCUT2D eigenvalue weighted by molar-refractivity contribution is 6.10. The Balaban J connectivity index is 1.09. The third kappa shape index (κ3) is 9.44. The van der Waals surface area contributed by atoms with Gasteiger partial charge in [0.05, 0.1) is 0 Å². The molecule has 0 spiro atoms. The van der Waals surface area contributed by atoms with Gasteiger partial charge in [0.25, 0.3) is 0 Å². The summed E-state index contributed by atoms with van der Waals surface area (Å²) < 4.78 is 12.1. The molecule has 0 aliphatic heterocycles. The molecule has 0 saturated carbocycles. The van der Waals surface area contributed by atoms with Crippen LogP contribution in [0, 0.1) is 24.3 Å². The van der Waals surface area contributed by atoms with Gasteiger partial charge < -0.3 is 30.0 Å². The van der Waals surface area contributed by atoms with Gasteiger partial charge in [-0.2, -0.15) is 0 Å². The molecule has 0 radical (unpaired) electrons. The number of carbonyl (C=O) groups is 1. The Hall–Kier alpha value is -7.13. The quantitative estimate of drug-likeness (QED) is 0.0840. The number of rotatable bonds is 14. The predicted octanol–water partition coefficient (Wildman–Crippen LogP) is 12.5. The second-order valence-electron chi connectivity index (χ2n) is 17.4. The molecule has 0 aliphatic carbocycles. The van der Waals surface area contributed by atoms with E-state index in [-0.39, 0.29) is 15.9 Å². The number of nitrogens with one attached hydrogen (secondary N) is 2. The van der Waals surface area contributed by atoms with Gasteiger partial charge in [0.15, 0.2) is 5.78 Å². The third-order valence-electron chi connectivity index (χ3n) is 12.2. The summed E-state index contributed by atoms with van der Waals surface area (Å²) >= 11 is 0. The van der Waals surface area contributed by atoms with Crippen LogP contribution in [0.4, 0.5) is 22.7 Å². The number of aryl methyl sites for hydroxylation is 2. The van der Waals surface area contributed by atoms with Crippen molar-refractivity contribution >= 4 is 28.5 Å². The second kappa shape index (κ2) is 18.3. The molecule has 320 valence electrons. The van der Waals surface area contributed by atoms with Crippen molar-refractivity contribution in [2.45, 2.75) is 52.4 Å². The normalized spacial score (nSPS) is 12.6. The van der Waals surface area contributed by atoms with Gasteiger partial charge in [0.2, 0.25) is 0 Å². The summed E-state index contributed by atoms with van der Waals surface area (Å²) in [7, 11) is 0. The average molecular weight is 845 g/mol. The first-order valence-electron chi connectivity index (χ1n) is 21.5. The molecule has 7 heteroatoms. The molecular weight excluding hydrogens is 793 g/mol. The van der Waals surface area contributed by atoms with Gasteiger partial charge in [-0.05, 0) is 103 Å². The van der Waals surface area contributed by atoms with Crippen molar-refractivity contribution in [2.24, 2.45) is 0 Å². The molecule has 8 rings (SSSR count). The molecular formula is C57H52N2O5. The van der Waals surface area contributed by atoms with Gasteiger partial charge >= 0.3 is 0 Å². The standard InChI is InChI=1S/C57H52N2O5/c1-39-12-23-45(24-13-39)58(61)47-27-18-42(19-28-47)56(3,4)44-22-37-54(57(5,6)43-20-29-48(30-21-43)59(62)46-25-14-40(2)15-26-46)53(38-44)55(60)41-16-31-50(32-17-41)64-52-35-33-51(34-36-52)63-49-10-8-7-9-11-49/h7-38,58-59H,1-6H3. The van der Waals surface area contributed by atoms with Crippen molar-refractivity contribution < 1.29 is 24.4 Å². The van der Waals surface area contributed by atoms with Crippen LogP contribution >= 0.6 is 0 Å². The minimum atomic E-state index is -0.628. The van der Waals surface area contributed by atoms with Gasteiger partial charge in [-0.1, -0.05) is 118 Å². The van der Waals surface area contributed by atoms with Gasteiger partial charge in [0.1, 0.15) is 45.7 Å². The molecule has 0 amide bonds. The number of benzene rings is 8. The van der Waals surface area contributed by atoms with Crippen LogP contribution in [0.15, 0.2) is 194 Å². The Labute approximate surface area is 376 Å². The highest BCUT2D eigenvalue weighted by Crippen LogP contribution is 2.40. The molecule has 0 fully saturated rings. The first kappa shape index (κ1) is 43.5. The minimum Gasteiger partial charge on any atom is -0.623 e. The van der Waals surface area contributed by atoms with Crippen LogP contribution in [-0.4, -0.2) is 5.78 Å². The Morgan fingerprint density at radius 3 is 1.22 bits per heavy atom. The van der Waals surface area contributed by atoms with Gasteiger partial charge in [-0.3, -0.25) is 4.79 Å². The minimum absolute atomic E-state index is 0.0286. The Bertz CT molecular complexity index is 2840. The van der Waals surface area contributed by atoms with Crippen LogP contribution < -0.4 is 19.6 Å². The molecule has 8 aromatic rings. The van der Waals surface area contributed by atoms with Crippen LogP contribution in [0.25, 0.3) is 0 Å². The van der Waals surface area contributed by atoms with Crippen molar-refractivity contribution in [2.75, 3.05) is 0 Å². The highest BCUT2D eigenvalue weighted by atomic mass is 16.5. The maximum absolute atomic E-state index is 14.9. The first-order valence-corrected chi connectivity index (χ1v) is 21.5. The molecule has 0 bridgehead atoms. The van der Waals surface area contributed by atoms with Crippen molar-refractivity contribution in [1.82, 2.24) is 0 Å². The summed E-state index contributed by atoms with van der Waals surface area (Å²) in [6, 6.07) is 61.1. The van der Waals surface area contributed by atoms with Crippen LogP contribution in [0.5, 0.6) is 23.0 Å². The average Bonchev–Trinajstić information content (AvgIpc) is 3.32. The fraction of sp³-hybridized carbons (Fsp3) is 0.140. The van der Waals surface area contributed by atoms with E-state index < -0.39 is 10.8 Å². The SMILES string of the molecule is Cc1ccc([NH+]([O-])c2ccc(C(C)(C)c3ccc(C(C)(C)c4ccc([NH+]([O-])c5ccc(C)cc5)cc4)c(C(=O)c4ccc(Oc5ccc(Oc6ccccc6)cc5)cc4)c3)cc2)cc1. The fourth-order valence-electron chi connectivity index (χ4n) is 7.97. The van der Waals surface area contributed by atoms with E-state index in [4.69, 9.17) is 9.47 Å². The van der Waals surface area contributed by atoms with E-state index in [0.717, 1.165) is 39.1 Å². The van der Waals surface area contributed by atoms with Crippen molar-refractivity contribution in [3.05, 3.63) is 249 Å². The first-order chi connectivity index (χ1) is 30.8. The van der Waals surface area contributed by atoms with E-state index in [1.54, 1.807) is 12.1 Å². The zero-order valence-electron chi connectivity index (χ0n) is 37.0. The number of ether oxygens (including phenoxy) is 2. The highest BCUT2D eigenvalue weighted by Gasteiger charge is 2.32. The number of ketones is 1.